The highest BCUT2D eigenvalue weighted by atomic mass is 32.1. The van der Waals surface area contributed by atoms with Gasteiger partial charge in [0.05, 0.1) is 23.8 Å². The maximum absolute atomic E-state index is 12.6. The number of thiazole rings is 1. The lowest BCUT2D eigenvalue weighted by molar-refractivity contribution is 0.193. The fourth-order valence-electron chi connectivity index (χ4n) is 2.70. The van der Waals surface area contributed by atoms with E-state index in [2.05, 4.69) is 34.2 Å². The number of rotatable bonds is 3. The number of amides is 2. The van der Waals surface area contributed by atoms with Crippen molar-refractivity contribution in [3.63, 3.8) is 0 Å². The van der Waals surface area contributed by atoms with Gasteiger partial charge in [-0.1, -0.05) is 13.8 Å². The fraction of sp³-hybridized carbons (Fsp3) is 0.600. The number of carbonyl (C=O) groups excluding carboxylic acids is 1. The number of hydrogen-bond donors (Lipinski definition) is 1. The first-order valence-electron chi connectivity index (χ1n) is 7.85. The molecule has 1 aliphatic heterocycles. The summed E-state index contributed by atoms with van der Waals surface area (Å²) in [6, 6.07) is -0.0921. The van der Waals surface area contributed by atoms with E-state index in [9.17, 15) is 4.79 Å². The van der Waals surface area contributed by atoms with Crippen LogP contribution in [0.5, 0.6) is 0 Å². The molecule has 1 aliphatic rings. The molecule has 0 fully saturated rings. The molecule has 0 saturated carbocycles. The van der Waals surface area contributed by atoms with Crippen LogP contribution in [0.4, 0.5) is 9.80 Å². The lowest BCUT2D eigenvalue weighted by Gasteiger charge is -2.26. The van der Waals surface area contributed by atoms with Crippen molar-refractivity contribution in [2.75, 3.05) is 11.9 Å². The van der Waals surface area contributed by atoms with Gasteiger partial charge in [-0.15, -0.1) is 11.3 Å². The smallest absolute Gasteiger partial charge is 0.315 e. The van der Waals surface area contributed by atoms with Crippen LogP contribution in [-0.4, -0.2) is 37.2 Å². The minimum Gasteiger partial charge on any atom is -0.315 e. The van der Waals surface area contributed by atoms with E-state index in [1.807, 2.05) is 18.5 Å². The summed E-state index contributed by atoms with van der Waals surface area (Å²) in [7, 11) is 0. The average Bonchev–Trinajstić information content (AvgIpc) is 2.99. The van der Waals surface area contributed by atoms with E-state index in [1.54, 1.807) is 4.90 Å². The summed E-state index contributed by atoms with van der Waals surface area (Å²) in [5.41, 5.74) is 0.979. The predicted octanol–water partition coefficient (Wildman–Crippen LogP) is 2.60. The first-order chi connectivity index (χ1) is 10.9. The van der Waals surface area contributed by atoms with Crippen LogP contribution < -0.4 is 5.32 Å². The molecule has 7 nitrogen and oxygen atoms in total. The van der Waals surface area contributed by atoms with E-state index in [4.69, 9.17) is 0 Å². The highest BCUT2D eigenvalue weighted by molar-refractivity contribution is 7.16. The Kier molecular flexibility index (Phi) is 4.34. The molecule has 1 N–H and O–H groups in total. The van der Waals surface area contributed by atoms with Gasteiger partial charge in [0, 0.05) is 6.54 Å². The van der Waals surface area contributed by atoms with E-state index in [0.717, 1.165) is 33.8 Å². The molecule has 0 aromatic carbocycles. The van der Waals surface area contributed by atoms with Gasteiger partial charge in [-0.3, -0.25) is 5.32 Å². The summed E-state index contributed by atoms with van der Waals surface area (Å²) in [6.45, 7) is 9.96. The van der Waals surface area contributed by atoms with Crippen molar-refractivity contribution in [2.24, 2.45) is 5.92 Å². The Labute approximate surface area is 139 Å². The molecule has 124 valence electrons. The third-order valence-corrected chi connectivity index (χ3v) is 4.61. The molecule has 3 heterocycles. The summed E-state index contributed by atoms with van der Waals surface area (Å²) in [4.78, 5) is 23.3. The lowest BCUT2D eigenvalue weighted by Crippen LogP contribution is -2.41. The zero-order valence-corrected chi connectivity index (χ0v) is 14.8. The maximum atomic E-state index is 12.6. The Hall–Kier alpha value is -1.96. The predicted molar refractivity (Wildman–Crippen MR) is 89.6 cm³/mol. The molecular formula is C15H22N6OS. The quantitative estimate of drug-likeness (QED) is 0.936. The van der Waals surface area contributed by atoms with Crippen LogP contribution in [0.15, 0.2) is 0 Å². The van der Waals surface area contributed by atoms with E-state index in [0.29, 0.717) is 25.6 Å². The van der Waals surface area contributed by atoms with Crippen LogP contribution in [0.25, 0.3) is 0 Å². The SMILES string of the molecule is Cc1nc2n(n1)CCN(C(=O)Nc1sc(C)nc1CC(C)C)C2. The molecule has 23 heavy (non-hydrogen) atoms. The third kappa shape index (κ3) is 3.52. The average molecular weight is 334 g/mol. The third-order valence-electron chi connectivity index (χ3n) is 3.68. The second-order valence-corrected chi connectivity index (χ2v) is 7.46. The molecule has 0 spiro atoms. The number of aryl methyl sites for hydroxylation is 2. The zero-order chi connectivity index (χ0) is 16.6. The van der Waals surface area contributed by atoms with Crippen LogP contribution in [0.2, 0.25) is 0 Å². The highest BCUT2D eigenvalue weighted by Crippen LogP contribution is 2.27. The van der Waals surface area contributed by atoms with Crippen molar-refractivity contribution in [3.05, 3.63) is 22.4 Å². The molecular weight excluding hydrogens is 312 g/mol. The van der Waals surface area contributed by atoms with Gasteiger partial charge in [0.15, 0.2) is 0 Å². The molecule has 3 rings (SSSR count). The van der Waals surface area contributed by atoms with Crippen molar-refractivity contribution in [1.29, 1.82) is 0 Å². The van der Waals surface area contributed by atoms with Crippen molar-refractivity contribution in [2.45, 2.75) is 47.2 Å². The first-order valence-corrected chi connectivity index (χ1v) is 8.66. The summed E-state index contributed by atoms with van der Waals surface area (Å²) in [5.74, 6) is 2.09. The number of nitrogens with one attached hydrogen (secondary N) is 1. The van der Waals surface area contributed by atoms with E-state index in [1.165, 1.54) is 11.3 Å². The Bertz CT molecular complexity index is 720. The number of urea groups is 1. The fourth-order valence-corrected chi connectivity index (χ4v) is 3.54. The molecule has 2 aromatic heterocycles. The summed E-state index contributed by atoms with van der Waals surface area (Å²) < 4.78 is 1.88. The van der Waals surface area contributed by atoms with E-state index < -0.39 is 0 Å². The van der Waals surface area contributed by atoms with Crippen molar-refractivity contribution in [3.8, 4) is 0 Å². The molecule has 0 aliphatic carbocycles. The van der Waals surface area contributed by atoms with Gasteiger partial charge in [0.25, 0.3) is 0 Å². The van der Waals surface area contributed by atoms with Crippen molar-refractivity contribution in [1.82, 2.24) is 24.6 Å². The second-order valence-electron chi connectivity index (χ2n) is 6.26. The van der Waals surface area contributed by atoms with Crippen LogP contribution in [0.1, 0.15) is 36.2 Å². The normalized spacial score (nSPS) is 14.2. The number of anilines is 1. The minimum absolute atomic E-state index is 0.0921. The Morgan fingerprint density at radius 1 is 1.30 bits per heavy atom. The maximum Gasteiger partial charge on any atom is 0.322 e. The summed E-state index contributed by atoms with van der Waals surface area (Å²) in [5, 5.41) is 9.19. The highest BCUT2D eigenvalue weighted by Gasteiger charge is 2.24. The summed E-state index contributed by atoms with van der Waals surface area (Å²) >= 11 is 1.54. The number of hydrogen-bond acceptors (Lipinski definition) is 5. The molecule has 2 aromatic rings. The van der Waals surface area contributed by atoms with Gasteiger partial charge in [-0.05, 0) is 26.2 Å². The molecule has 2 amide bonds. The monoisotopic (exact) mass is 334 g/mol. The van der Waals surface area contributed by atoms with Gasteiger partial charge in [0.2, 0.25) is 0 Å². The Morgan fingerprint density at radius 2 is 2.09 bits per heavy atom. The van der Waals surface area contributed by atoms with Crippen LogP contribution in [0, 0.1) is 19.8 Å². The zero-order valence-electron chi connectivity index (χ0n) is 14.0. The second kappa shape index (κ2) is 6.27. The van der Waals surface area contributed by atoms with Crippen molar-refractivity contribution < 1.29 is 4.79 Å². The van der Waals surface area contributed by atoms with Crippen LogP contribution in [-0.2, 0) is 19.5 Å². The molecule has 0 radical (unpaired) electrons. The molecule has 0 saturated heterocycles. The molecule has 0 atom stereocenters. The number of fused-ring (bicyclic) bond motifs is 1. The number of aromatic nitrogens is 4. The summed E-state index contributed by atoms with van der Waals surface area (Å²) in [6.07, 6.45) is 0.869. The first kappa shape index (κ1) is 15.9. The van der Waals surface area contributed by atoms with Gasteiger partial charge in [-0.25, -0.2) is 19.4 Å². The van der Waals surface area contributed by atoms with E-state index in [-0.39, 0.29) is 6.03 Å². The standard InChI is InChI=1S/C15H22N6OS/c1-9(2)7-12-14(23-11(4)17-12)18-15(22)20-5-6-21-13(8-20)16-10(3)19-21/h9H,5-8H2,1-4H3,(H,18,22). The molecule has 0 unspecified atom stereocenters. The topological polar surface area (TPSA) is 75.9 Å². The number of nitrogens with zero attached hydrogens (tertiary/aromatic N) is 5. The van der Waals surface area contributed by atoms with Crippen LogP contribution in [0.3, 0.4) is 0 Å². The minimum atomic E-state index is -0.0921. The van der Waals surface area contributed by atoms with Gasteiger partial charge in [-0.2, -0.15) is 5.10 Å². The van der Waals surface area contributed by atoms with Crippen LogP contribution >= 0.6 is 11.3 Å². The molecule has 0 bridgehead atoms. The van der Waals surface area contributed by atoms with Crippen molar-refractivity contribution >= 4 is 22.4 Å². The number of carbonyl (C=O) groups is 1. The lowest BCUT2D eigenvalue weighted by atomic mass is 10.1. The van der Waals surface area contributed by atoms with Gasteiger partial charge < -0.3 is 4.90 Å². The molecule has 8 heteroatoms. The Morgan fingerprint density at radius 3 is 2.83 bits per heavy atom. The van der Waals surface area contributed by atoms with Gasteiger partial charge in [0.1, 0.15) is 16.6 Å². The largest absolute Gasteiger partial charge is 0.322 e. The van der Waals surface area contributed by atoms with Gasteiger partial charge >= 0.3 is 6.03 Å². The van der Waals surface area contributed by atoms with E-state index >= 15 is 0 Å². The Balaban J connectivity index is 1.70.